The molecule has 0 aliphatic carbocycles. The van der Waals surface area contributed by atoms with Gasteiger partial charge in [-0.1, -0.05) is 12.2 Å². The molecule has 0 atom stereocenters. The number of aromatic nitrogens is 2. The zero-order valence-corrected chi connectivity index (χ0v) is 11.2. The number of nitrogens with zero attached hydrogens (tertiary/aromatic N) is 2. The fourth-order valence-corrected chi connectivity index (χ4v) is 1.74. The van der Waals surface area contributed by atoms with Gasteiger partial charge in [-0.15, -0.1) is 0 Å². The molecule has 8 heteroatoms. The number of carbonyl (C=O) groups is 1. The standard InChI is InChI=1S/C12H10F2N4OS/c1-16-12(19)9-2-3-18(17-9)10-7(13)4-6(11(15)20)5-8(10)14/h2-5H,1H3,(H2,15,20)(H,16,19). The molecule has 0 unspecified atom stereocenters. The fourth-order valence-electron chi connectivity index (χ4n) is 1.62. The van der Waals surface area contributed by atoms with Gasteiger partial charge in [-0.2, -0.15) is 5.10 Å². The van der Waals surface area contributed by atoms with Crippen molar-refractivity contribution >= 4 is 23.1 Å². The van der Waals surface area contributed by atoms with Crippen LogP contribution in [0.25, 0.3) is 5.69 Å². The number of thiocarbonyl (C=S) groups is 1. The van der Waals surface area contributed by atoms with Crippen LogP contribution in [0.4, 0.5) is 8.78 Å². The SMILES string of the molecule is CNC(=O)c1ccn(-c2c(F)cc(C(N)=S)cc2F)n1. The van der Waals surface area contributed by atoms with Crippen LogP contribution in [-0.4, -0.2) is 27.7 Å². The Hall–Kier alpha value is -2.35. The Morgan fingerprint density at radius 1 is 1.40 bits per heavy atom. The van der Waals surface area contributed by atoms with Crippen LogP contribution in [0, 0.1) is 11.6 Å². The Morgan fingerprint density at radius 3 is 2.50 bits per heavy atom. The average Bonchev–Trinajstić information content (AvgIpc) is 2.86. The highest BCUT2D eigenvalue weighted by Gasteiger charge is 2.16. The number of rotatable bonds is 3. The van der Waals surface area contributed by atoms with Gasteiger partial charge < -0.3 is 11.1 Å². The van der Waals surface area contributed by atoms with E-state index >= 15 is 0 Å². The van der Waals surface area contributed by atoms with Crippen LogP contribution in [0.3, 0.4) is 0 Å². The van der Waals surface area contributed by atoms with E-state index in [1.54, 1.807) is 0 Å². The quantitative estimate of drug-likeness (QED) is 0.833. The summed E-state index contributed by atoms with van der Waals surface area (Å²) in [4.78, 5) is 11.3. The molecule has 0 aliphatic heterocycles. The molecule has 1 aromatic carbocycles. The number of nitrogens with one attached hydrogen (secondary N) is 1. The number of benzene rings is 1. The smallest absolute Gasteiger partial charge is 0.271 e. The Bertz CT molecular complexity index is 676. The van der Waals surface area contributed by atoms with Gasteiger partial charge in [-0.05, 0) is 18.2 Å². The van der Waals surface area contributed by atoms with Gasteiger partial charge in [0.1, 0.15) is 10.7 Å². The Kier molecular flexibility index (Phi) is 3.75. The Morgan fingerprint density at radius 2 is 2.00 bits per heavy atom. The van der Waals surface area contributed by atoms with Crippen molar-refractivity contribution in [1.82, 2.24) is 15.1 Å². The van der Waals surface area contributed by atoms with Crippen LogP contribution in [-0.2, 0) is 0 Å². The van der Waals surface area contributed by atoms with Crippen LogP contribution in [0.5, 0.6) is 0 Å². The monoisotopic (exact) mass is 296 g/mol. The lowest BCUT2D eigenvalue weighted by Gasteiger charge is -2.07. The van der Waals surface area contributed by atoms with Crippen LogP contribution < -0.4 is 11.1 Å². The van der Waals surface area contributed by atoms with Crippen LogP contribution >= 0.6 is 12.2 Å². The van der Waals surface area contributed by atoms with Crippen molar-refractivity contribution in [2.24, 2.45) is 5.73 Å². The van der Waals surface area contributed by atoms with E-state index in [0.29, 0.717) is 0 Å². The van der Waals surface area contributed by atoms with Crippen molar-refractivity contribution in [3.8, 4) is 5.69 Å². The van der Waals surface area contributed by atoms with Gasteiger partial charge in [0.2, 0.25) is 0 Å². The molecule has 0 radical (unpaired) electrons. The zero-order chi connectivity index (χ0) is 14.9. The summed E-state index contributed by atoms with van der Waals surface area (Å²) in [5.41, 5.74) is 5.05. The molecule has 0 spiro atoms. The van der Waals surface area contributed by atoms with Crippen molar-refractivity contribution in [3.05, 3.63) is 47.3 Å². The molecule has 1 amide bonds. The van der Waals surface area contributed by atoms with E-state index in [2.05, 4.69) is 22.6 Å². The second kappa shape index (κ2) is 5.33. The normalized spacial score (nSPS) is 10.3. The molecule has 1 aromatic heterocycles. The first-order chi connectivity index (χ1) is 9.43. The predicted octanol–water partition coefficient (Wildman–Crippen LogP) is 1.14. The third-order valence-electron chi connectivity index (χ3n) is 2.58. The lowest BCUT2D eigenvalue weighted by atomic mass is 10.2. The first-order valence-electron chi connectivity index (χ1n) is 5.51. The molecule has 0 aliphatic rings. The minimum atomic E-state index is -0.876. The summed E-state index contributed by atoms with van der Waals surface area (Å²) >= 11 is 4.66. The Balaban J connectivity index is 2.50. The summed E-state index contributed by atoms with van der Waals surface area (Å²) in [5, 5.41) is 6.17. The van der Waals surface area contributed by atoms with Crippen molar-refractivity contribution < 1.29 is 13.6 Å². The largest absolute Gasteiger partial charge is 0.389 e. The molecular formula is C12H10F2N4OS. The van der Waals surface area contributed by atoms with Crippen molar-refractivity contribution in [2.45, 2.75) is 0 Å². The summed E-state index contributed by atoms with van der Waals surface area (Å²) in [6.07, 6.45) is 1.28. The number of nitrogens with two attached hydrogens (primary N) is 1. The number of hydrogen-bond donors (Lipinski definition) is 2. The summed E-state index contributed by atoms with van der Waals surface area (Å²) in [7, 11) is 1.43. The lowest BCUT2D eigenvalue weighted by Crippen LogP contribution is -2.19. The van der Waals surface area contributed by atoms with Gasteiger partial charge in [-0.3, -0.25) is 4.79 Å². The van der Waals surface area contributed by atoms with Crippen molar-refractivity contribution in [3.63, 3.8) is 0 Å². The highest BCUT2D eigenvalue weighted by atomic mass is 32.1. The van der Waals surface area contributed by atoms with Gasteiger partial charge in [0.05, 0.1) is 0 Å². The second-order valence-electron chi connectivity index (χ2n) is 3.88. The molecule has 2 rings (SSSR count). The maximum absolute atomic E-state index is 13.9. The molecule has 20 heavy (non-hydrogen) atoms. The van der Waals surface area contributed by atoms with Crippen LogP contribution in [0.2, 0.25) is 0 Å². The number of amides is 1. The molecule has 5 nitrogen and oxygen atoms in total. The molecule has 2 aromatic rings. The summed E-state index contributed by atoms with van der Waals surface area (Å²) < 4.78 is 28.8. The maximum atomic E-state index is 13.9. The fraction of sp³-hybridized carbons (Fsp3) is 0.0833. The zero-order valence-electron chi connectivity index (χ0n) is 10.4. The molecule has 0 fully saturated rings. The first-order valence-corrected chi connectivity index (χ1v) is 5.92. The topological polar surface area (TPSA) is 72.9 Å². The minimum Gasteiger partial charge on any atom is -0.389 e. The van der Waals surface area contributed by atoms with E-state index < -0.39 is 23.2 Å². The molecule has 104 valence electrons. The third kappa shape index (κ3) is 2.50. The van der Waals surface area contributed by atoms with Gasteiger partial charge in [-0.25, -0.2) is 13.5 Å². The summed E-state index contributed by atoms with van der Waals surface area (Å²) in [6.45, 7) is 0. The molecule has 0 saturated carbocycles. The average molecular weight is 296 g/mol. The van der Waals surface area contributed by atoms with Crippen LogP contribution in [0.1, 0.15) is 16.1 Å². The summed E-state index contributed by atoms with van der Waals surface area (Å²) in [6, 6.07) is 3.38. The van der Waals surface area contributed by atoms with Gasteiger partial charge in [0.25, 0.3) is 5.91 Å². The van der Waals surface area contributed by atoms with Crippen molar-refractivity contribution in [1.29, 1.82) is 0 Å². The highest BCUT2D eigenvalue weighted by Crippen LogP contribution is 2.19. The molecule has 0 bridgehead atoms. The van der Waals surface area contributed by atoms with E-state index in [4.69, 9.17) is 5.73 Å². The maximum Gasteiger partial charge on any atom is 0.271 e. The number of carbonyl (C=O) groups excluding carboxylic acids is 1. The van der Waals surface area contributed by atoms with Gasteiger partial charge >= 0.3 is 0 Å². The highest BCUT2D eigenvalue weighted by molar-refractivity contribution is 7.80. The van der Waals surface area contributed by atoms with E-state index in [1.807, 2.05) is 0 Å². The van der Waals surface area contributed by atoms with E-state index in [1.165, 1.54) is 19.3 Å². The van der Waals surface area contributed by atoms with E-state index in [0.717, 1.165) is 16.8 Å². The van der Waals surface area contributed by atoms with E-state index in [-0.39, 0.29) is 16.2 Å². The molecular weight excluding hydrogens is 286 g/mol. The van der Waals surface area contributed by atoms with Crippen molar-refractivity contribution in [2.75, 3.05) is 7.05 Å². The molecule has 1 heterocycles. The number of hydrogen-bond acceptors (Lipinski definition) is 3. The van der Waals surface area contributed by atoms with Gasteiger partial charge in [0.15, 0.2) is 17.3 Å². The van der Waals surface area contributed by atoms with Gasteiger partial charge in [0, 0.05) is 18.8 Å². The molecule has 3 N–H and O–H groups in total. The Labute approximate surface area is 118 Å². The van der Waals surface area contributed by atoms with Crippen LogP contribution in [0.15, 0.2) is 24.4 Å². The lowest BCUT2D eigenvalue weighted by molar-refractivity contribution is 0.0957. The minimum absolute atomic E-state index is 0.0460. The summed E-state index contributed by atoms with van der Waals surface area (Å²) in [5.74, 6) is -2.21. The number of halogens is 2. The first kappa shape index (κ1) is 14.1. The molecule has 0 saturated heterocycles. The second-order valence-corrected chi connectivity index (χ2v) is 4.32. The third-order valence-corrected chi connectivity index (χ3v) is 2.81. The van der Waals surface area contributed by atoms with E-state index in [9.17, 15) is 13.6 Å². The predicted molar refractivity (Wildman–Crippen MR) is 72.8 cm³/mol.